The van der Waals surface area contributed by atoms with E-state index in [9.17, 15) is 0 Å². The molecule has 15 aromatic rings. The summed E-state index contributed by atoms with van der Waals surface area (Å²) >= 11 is 0. The smallest absolute Gasteiger partial charge is 0.178 e. The van der Waals surface area contributed by atoms with Gasteiger partial charge in [-0.3, -0.25) is 0 Å². The zero-order valence-corrected chi connectivity index (χ0v) is 38.2. The molecule has 0 saturated heterocycles. The maximum atomic E-state index is 6.85. The minimum Gasteiger partial charge on any atom is -0.456 e. The highest BCUT2D eigenvalue weighted by molar-refractivity contribution is 6.22. The molecule has 70 heavy (non-hydrogen) atoms. The summed E-state index contributed by atoms with van der Waals surface area (Å²) in [6.07, 6.45) is 0. The average Bonchev–Trinajstić information content (AvgIpc) is 4.17. The fourth-order valence-corrected chi connectivity index (χ4v) is 11.3. The molecule has 0 aliphatic rings. The Hall–Kier alpha value is -9.26. The number of nitrogens with zero attached hydrogens (tertiary/aromatic N) is 2. The number of benzene rings is 11. The van der Waals surface area contributed by atoms with Crippen LogP contribution in [0.4, 0.5) is 34.1 Å². The largest absolute Gasteiger partial charge is 0.456 e. The van der Waals surface area contributed by atoms with Crippen molar-refractivity contribution in [3.63, 3.8) is 0 Å². The molecule has 4 heterocycles. The molecule has 4 aromatic heterocycles. The van der Waals surface area contributed by atoms with Gasteiger partial charge < -0.3 is 27.5 Å². The molecule has 0 radical (unpaired) electrons. The lowest BCUT2D eigenvalue weighted by Gasteiger charge is -2.27. The second kappa shape index (κ2) is 14.6. The third-order valence-electron chi connectivity index (χ3n) is 14.5. The Morgan fingerprint density at radius 2 is 0.700 bits per heavy atom. The van der Waals surface area contributed by atoms with E-state index in [1.165, 1.54) is 0 Å². The molecule has 6 nitrogen and oxygen atoms in total. The van der Waals surface area contributed by atoms with Gasteiger partial charge in [0, 0.05) is 77.2 Å². The van der Waals surface area contributed by atoms with Crippen molar-refractivity contribution in [1.29, 1.82) is 0 Å². The summed E-state index contributed by atoms with van der Waals surface area (Å²) in [4.78, 5) is 4.68. The molecule has 0 fully saturated rings. The van der Waals surface area contributed by atoms with Crippen LogP contribution in [-0.2, 0) is 0 Å². The van der Waals surface area contributed by atoms with E-state index in [1.54, 1.807) is 0 Å². The second-order valence-electron chi connectivity index (χ2n) is 18.5. The van der Waals surface area contributed by atoms with Crippen LogP contribution >= 0.6 is 0 Å². The van der Waals surface area contributed by atoms with Crippen LogP contribution in [-0.4, -0.2) is 0 Å². The summed E-state index contributed by atoms with van der Waals surface area (Å²) in [7, 11) is 0. The number of anilines is 6. The van der Waals surface area contributed by atoms with Crippen LogP contribution in [0.1, 0.15) is 11.1 Å². The first-order valence-corrected chi connectivity index (χ1v) is 23.7. The van der Waals surface area contributed by atoms with Gasteiger partial charge in [0.1, 0.15) is 33.5 Å². The number of aryl methyl sites for hydroxylation is 2. The number of furan rings is 4. The van der Waals surface area contributed by atoms with Gasteiger partial charge in [0.05, 0.1) is 0 Å². The van der Waals surface area contributed by atoms with E-state index in [0.717, 1.165) is 155 Å². The predicted octanol–water partition coefficient (Wildman–Crippen LogP) is 19.1. The predicted molar refractivity (Wildman–Crippen MR) is 289 cm³/mol. The van der Waals surface area contributed by atoms with Crippen molar-refractivity contribution in [3.8, 4) is 0 Å². The first kappa shape index (κ1) is 38.8. The van der Waals surface area contributed by atoms with Crippen LogP contribution in [0.15, 0.2) is 224 Å². The fraction of sp³-hybridized carbons (Fsp3) is 0.0312. The molecule has 0 spiro atoms. The van der Waals surface area contributed by atoms with Gasteiger partial charge in [0.15, 0.2) is 11.2 Å². The molecule has 0 unspecified atom stereocenters. The zero-order chi connectivity index (χ0) is 46.2. The molecule has 330 valence electrons. The summed E-state index contributed by atoms with van der Waals surface area (Å²) in [5.41, 5.74) is 15.4. The zero-order valence-electron chi connectivity index (χ0n) is 38.2. The fourth-order valence-electron chi connectivity index (χ4n) is 11.3. The summed E-state index contributed by atoms with van der Waals surface area (Å²) in [5, 5.41) is 13.1. The second-order valence-corrected chi connectivity index (χ2v) is 18.5. The van der Waals surface area contributed by atoms with E-state index in [0.29, 0.717) is 0 Å². The minimum absolute atomic E-state index is 0.749. The van der Waals surface area contributed by atoms with Gasteiger partial charge in [-0.25, -0.2) is 0 Å². The lowest BCUT2D eigenvalue weighted by Crippen LogP contribution is -2.11. The molecular formula is C64H40N2O4. The average molecular weight is 901 g/mol. The number of rotatable bonds is 6. The van der Waals surface area contributed by atoms with Crippen LogP contribution in [0.3, 0.4) is 0 Å². The van der Waals surface area contributed by atoms with Gasteiger partial charge >= 0.3 is 0 Å². The maximum Gasteiger partial charge on any atom is 0.178 e. The number of para-hydroxylation sites is 4. The summed E-state index contributed by atoms with van der Waals surface area (Å²) in [5.74, 6) is 0. The van der Waals surface area contributed by atoms with Gasteiger partial charge in [-0.1, -0.05) is 84.9 Å². The van der Waals surface area contributed by atoms with E-state index >= 15 is 0 Å². The lowest BCUT2D eigenvalue weighted by molar-refractivity contribution is 0.634. The van der Waals surface area contributed by atoms with E-state index in [-0.39, 0.29) is 0 Å². The summed E-state index contributed by atoms with van der Waals surface area (Å²) in [6.45, 7) is 4.39. The minimum atomic E-state index is 0.749. The van der Waals surface area contributed by atoms with Crippen molar-refractivity contribution in [3.05, 3.63) is 217 Å². The van der Waals surface area contributed by atoms with Crippen molar-refractivity contribution in [1.82, 2.24) is 0 Å². The quantitative estimate of drug-likeness (QED) is 0.166. The van der Waals surface area contributed by atoms with E-state index in [2.05, 4.69) is 206 Å². The molecule has 15 rings (SSSR count). The van der Waals surface area contributed by atoms with Crippen LogP contribution in [0.25, 0.3) is 109 Å². The Morgan fingerprint density at radius 3 is 1.16 bits per heavy atom. The van der Waals surface area contributed by atoms with Crippen molar-refractivity contribution in [2.75, 3.05) is 9.80 Å². The molecular weight excluding hydrogens is 861 g/mol. The van der Waals surface area contributed by atoms with Crippen molar-refractivity contribution >= 4 is 143 Å². The molecule has 6 heteroatoms. The standard InChI is InChI=1S/C64H40N2O4/c1-37-53(27-29-57-61(37)49-17-9-11-19-55(49)67-57)65(43-13-5-3-6-14-43)45-23-21-39-33-51-47-25-26-48-52-34-40-22-24-46(32-42(40)36-60(52)70-64(48)63(47)69-59(51)35-41(39)31-45)66(44-15-7-4-8-16-44)54-28-30-58-62(38(54)2)50-18-10-12-20-56(50)68-58/h3-36H,1-2H3. The molecule has 0 atom stereocenters. The number of hydrogen-bond acceptors (Lipinski definition) is 6. The Balaban J connectivity index is 0.848. The van der Waals surface area contributed by atoms with Crippen LogP contribution in [0.5, 0.6) is 0 Å². The van der Waals surface area contributed by atoms with Crippen LogP contribution in [0, 0.1) is 13.8 Å². The molecule has 11 aromatic carbocycles. The molecule has 0 aliphatic heterocycles. The summed E-state index contributed by atoms with van der Waals surface area (Å²) in [6, 6.07) is 72.8. The monoisotopic (exact) mass is 900 g/mol. The van der Waals surface area contributed by atoms with E-state index in [4.69, 9.17) is 17.7 Å². The SMILES string of the molecule is Cc1c(N(c2ccccc2)c2ccc3cc4c(cc3c2)oc2c4ccc3c4cc5ccc(N(c6ccccc6)c6ccc7oc8ccccc8c7c6C)cc5cc4oc32)ccc2oc3ccccc3c12. The summed E-state index contributed by atoms with van der Waals surface area (Å²) < 4.78 is 26.3. The van der Waals surface area contributed by atoms with Crippen molar-refractivity contribution in [2.24, 2.45) is 0 Å². The third-order valence-corrected chi connectivity index (χ3v) is 14.5. The number of hydrogen-bond donors (Lipinski definition) is 0. The first-order valence-electron chi connectivity index (χ1n) is 23.7. The maximum absolute atomic E-state index is 6.85. The Labute approximate surface area is 400 Å². The number of fused-ring (bicyclic) bond motifs is 15. The highest BCUT2D eigenvalue weighted by Gasteiger charge is 2.23. The van der Waals surface area contributed by atoms with Gasteiger partial charge in [-0.15, -0.1) is 0 Å². The first-order chi connectivity index (χ1) is 34.5. The molecule has 0 N–H and O–H groups in total. The topological polar surface area (TPSA) is 59.0 Å². The molecule has 0 amide bonds. The third kappa shape index (κ3) is 5.68. The molecule has 0 aliphatic carbocycles. The van der Waals surface area contributed by atoms with Gasteiger partial charge in [-0.2, -0.15) is 0 Å². The normalized spacial score (nSPS) is 12.1. The van der Waals surface area contributed by atoms with E-state index in [1.807, 2.05) is 24.3 Å². The molecule has 0 saturated carbocycles. The van der Waals surface area contributed by atoms with Crippen LogP contribution < -0.4 is 9.80 Å². The highest BCUT2D eigenvalue weighted by atomic mass is 16.4. The van der Waals surface area contributed by atoms with Gasteiger partial charge in [0.25, 0.3) is 0 Å². The Kier molecular flexibility index (Phi) is 8.10. The van der Waals surface area contributed by atoms with Gasteiger partial charge in [0.2, 0.25) is 0 Å². The van der Waals surface area contributed by atoms with Crippen molar-refractivity contribution in [2.45, 2.75) is 13.8 Å². The van der Waals surface area contributed by atoms with Crippen LogP contribution in [0.2, 0.25) is 0 Å². The van der Waals surface area contributed by atoms with E-state index < -0.39 is 0 Å². The van der Waals surface area contributed by atoms with Crippen molar-refractivity contribution < 1.29 is 17.7 Å². The lowest BCUT2D eigenvalue weighted by atomic mass is 10.0. The Bertz CT molecular complexity index is 4340. The van der Waals surface area contributed by atoms with Gasteiger partial charge in [-0.05, 0) is 168 Å². The molecule has 0 bridgehead atoms. The highest BCUT2D eigenvalue weighted by Crippen LogP contribution is 2.47. The Morgan fingerprint density at radius 1 is 0.271 bits per heavy atom.